The first-order valence-electron chi connectivity index (χ1n) is 4.06. The van der Waals surface area contributed by atoms with Gasteiger partial charge in [-0.05, 0) is 13.2 Å². The summed E-state index contributed by atoms with van der Waals surface area (Å²) in [5.41, 5.74) is 0. The molecular weight excluding hydrogens is 176 g/mol. The lowest BCUT2D eigenvalue weighted by Gasteiger charge is -2.15. The first kappa shape index (κ1) is 10.3. The molecule has 1 aliphatic rings. The molecule has 0 aromatic carbocycles. The summed E-state index contributed by atoms with van der Waals surface area (Å²) in [6.07, 6.45) is 2.12. The number of thioether (sulfide) groups is 1. The van der Waals surface area contributed by atoms with Gasteiger partial charge < -0.3 is 14.2 Å². The average molecular weight is 192 g/mol. The van der Waals surface area contributed by atoms with Gasteiger partial charge in [-0.15, -0.1) is 0 Å². The SMILES string of the molecule is COCC1CO[C@H](C(C)SC)O1. The van der Waals surface area contributed by atoms with Crippen molar-refractivity contribution in [1.29, 1.82) is 0 Å². The molecule has 4 heteroatoms. The first-order valence-corrected chi connectivity index (χ1v) is 5.35. The minimum Gasteiger partial charge on any atom is -0.382 e. The van der Waals surface area contributed by atoms with Crippen LogP contribution in [0.5, 0.6) is 0 Å². The monoisotopic (exact) mass is 192 g/mol. The van der Waals surface area contributed by atoms with E-state index in [1.807, 2.05) is 0 Å². The van der Waals surface area contributed by atoms with Gasteiger partial charge in [0.05, 0.1) is 18.5 Å². The summed E-state index contributed by atoms with van der Waals surface area (Å²) < 4.78 is 16.0. The molecule has 0 aromatic rings. The summed E-state index contributed by atoms with van der Waals surface area (Å²) in [5.74, 6) is 0. The zero-order valence-corrected chi connectivity index (χ0v) is 8.60. The number of hydrogen-bond acceptors (Lipinski definition) is 4. The topological polar surface area (TPSA) is 27.7 Å². The summed E-state index contributed by atoms with van der Waals surface area (Å²) in [6.45, 7) is 3.38. The third-order valence-corrected chi connectivity index (χ3v) is 2.85. The molecule has 0 amide bonds. The fourth-order valence-electron chi connectivity index (χ4n) is 1.10. The largest absolute Gasteiger partial charge is 0.382 e. The van der Waals surface area contributed by atoms with Crippen LogP contribution in [0.15, 0.2) is 0 Å². The molecule has 0 saturated carbocycles. The molecule has 0 bridgehead atoms. The first-order chi connectivity index (χ1) is 5.77. The van der Waals surface area contributed by atoms with E-state index in [4.69, 9.17) is 14.2 Å². The van der Waals surface area contributed by atoms with E-state index in [9.17, 15) is 0 Å². The molecule has 1 fully saturated rings. The second-order valence-corrected chi connectivity index (χ2v) is 4.07. The van der Waals surface area contributed by atoms with Crippen molar-refractivity contribution in [3.05, 3.63) is 0 Å². The van der Waals surface area contributed by atoms with E-state index in [-0.39, 0.29) is 12.4 Å². The number of rotatable bonds is 4. The molecule has 72 valence electrons. The summed E-state index contributed by atoms with van der Waals surface area (Å²) in [5, 5.41) is 0.395. The molecule has 1 heterocycles. The lowest BCUT2D eigenvalue weighted by molar-refractivity contribution is -0.0649. The number of hydrogen-bond donors (Lipinski definition) is 0. The number of methoxy groups -OCH3 is 1. The molecule has 1 aliphatic heterocycles. The van der Waals surface area contributed by atoms with E-state index in [1.54, 1.807) is 18.9 Å². The molecule has 0 spiro atoms. The highest BCUT2D eigenvalue weighted by Crippen LogP contribution is 2.21. The molecule has 12 heavy (non-hydrogen) atoms. The van der Waals surface area contributed by atoms with Crippen molar-refractivity contribution in [2.75, 3.05) is 26.6 Å². The highest BCUT2D eigenvalue weighted by molar-refractivity contribution is 7.99. The van der Waals surface area contributed by atoms with E-state index in [1.165, 1.54) is 0 Å². The highest BCUT2D eigenvalue weighted by atomic mass is 32.2. The van der Waals surface area contributed by atoms with Crippen LogP contribution < -0.4 is 0 Å². The van der Waals surface area contributed by atoms with Crippen molar-refractivity contribution in [3.63, 3.8) is 0 Å². The Balaban J connectivity index is 2.25. The van der Waals surface area contributed by atoms with Gasteiger partial charge in [-0.1, -0.05) is 0 Å². The Labute approximate surface area is 77.8 Å². The lowest BCUT2D eigenvalue weighted by atomic mass is 10.4. The van der Waals surface area contributed by atoms with Crippen LogP contribution in [-0.2, 0) is 14.2 Å². The molecule has 0 radical (unpaired) electrons. The Bertz CT molecular complexity index is 131. The standard InChI is InChI=1S/C8H16O3S/c1-6(12-3)8-10-5-7(11-8)4-9-2/h6-8H,4-5H2,1-3H3/t6?,7?,8-/m0/s1. The summed E-state index contributed by atoms with van der Waals surface area (Å²) in [4.78, 5) is 0. The molecule has 0 aromatic heterocycles. The van der Waals surface area contributed by atoms with Gasteiger partial charge in [0.15, 0.2) is 6.29 Å². The normalized spacial score (nSPS) is 32.2. The maximum absolute atomic E-state index is 5.59. The van der Waals surface area contributed by atoms with E-state index in [0.717, 1.165) is 0 Å². The van der Waals surface area contributed by atoms with Crippen LogP contribution in [0.3, 0.4) is 0 Å². The van der Waals surface area contributed by atoms with Gasteiger partial charge in [-0.25, -0.2) is 0 Å². The zero-order chi connectivity index (χ0) is 8.97. The zero-order valence-electron chi connectivity index (χ0n) is 7.78. The van der Waals surface area contributed by atoms with Crippen molar-refractivity contribution >= 4 is 11.8 Å². The Morgan fingerprint density at radius 1 is 1.67 bits per heavy atom. The van der Waals surface area contributed by atoms with Gasteiger partial charge in [0.1, 0.15) is 6.10 Å². The molecule has 1 saturated heterocycles. The van der Waals surface area contributed by atoms with Crippen molar-refractivity contribution < 1.29 is 14.2 Å². The molecule has 0 N–H and O–H groups in total. The fraction of sp³-hybridized carbons (Fsp3) is 1.00. The van der Waals surface area contributed by atoms with Gasteiger partial charge in [0, 0.05) is 7.11 Å². The van der Waals surface area contributed by atoms with Crippen molar-refractivity contribution in [2.45, 2.75) is 24.6 Å². The van der Waals surface area contributed by atoms with E-state index < -0.39 is 0 Å². The van der Waals surface area contributed by atoms with Gasteiger partial charge in [0.25, 0.3) is 0 Å². The van der Waals surface area contributed by atoms with Crippen molar-refractivity contribution in [1.82, 2.24) is 0 Å². The second kappa shape index (κ2) is 5.07. The van der Waals surface area contributed by atoms with Gasteiger partial charge in [-0.2, -0.15) is 11.8 Å². The Hall–Kier alpha value is 0.230. The average Bonchev–Trinajstić information content (AvgIpc) is 2.52. The van der Waals surface area contributed by atoms with Crippen LogP contribution in [0.25, 0.3) is 0 Å². The quantitative estimate of drug-likeness (QED) is 0.667. The van der Waals surface area contributed by atoms with Crippen LogP contribution in [0.1, 0.15) is 6.92 Å². The highest BCUT2D eigenvalue weighted by Gasteiger charge is 2.29. The summed E-state index contributed by atoms with van der Waals surface area (Å²) >= 11 is 1.75. The van der Waals surface area contributed by atoms with Gasteiger partial charge >= 0.3 is 0 Å². The maximum atomic E-state index is 5.59. The van der Waals surface area contributed by atoms with Crippen LogP contribution in [-0.4, -0.2) is 44.2 Å². The minimum atomic E-state index is -0.0554. The Kier molecular flexibility index (Phi) is 4.35. The van der Waals surface area contributed by atoms with E-state index in [2.05, 4.69) is 13.2 Å². The third kappa shape index (κ3) is 2.62. The van der Waals surface area contributed by atoms with Crippen molar-refractivity contribution in [3.8, 4) is 0 Å². The van der Waals surface area contributed by atoms with E-state index >= 15 is 0 Å². The molecule has 0 aliphatic carbocycles. The van der Waals surface area contributed by atoms with Crippen LogP contribution in [0.4, 0.5) is 0 Å². The van der Waals surface area contributed by atoms with Gasteiger partial charge in [-0.3, -0.25) is 0 Å². The third-order valence-electron chi connectivity index (χ3n) is 1.88. The minimum absolute atomic E-state index is 0.0554. The molecule has 1 rings (SSSR count). The van der Waals surface area contributed by atoms with Crippen molar-refractivity contribution in [2.24, 2.45) is 0 Å². The van der Waals surface area contributed by atoms with Gasteiger partial charge in [0.2, 0.25) is 0 Å². The number of ether oxygens (including phenoxy) is 3. The lowest BCUT2D eigenvalue weighted by Crippen LogP contribution is -2.23. The second-order valence-electron chi connectivity index (χ2n) is 2.86. The predicted molar refractivity (Wildman–Crippen MR) is 49.5 cm³/mol. The Morgan fingerprint density at radius 2 is 2.42 bits per heavy atom. The van der Waals surface area contributed by atoms with Crippen LogP contribution in [0.2, 0.25) is 0 Å². The molecule has 3 atom stereocenters. The van der Waals surface area contributed by atoms with Crippen LogP contribution >= 0.6 is 11.8 Å². The smallest absolute Gasteiger partial charge is 0.169 e. The Morgan fingerprint density at radius 3 is 3.00 bits per heavy atom. The summed E-state index contributed by atoms with van der Waals surface area (Å²) in [6, 6.07) is 0. The fourth-order valence-corrected chi connectivity index (χ4v) is 1.47. The summed E-state index contributed by atoms with van der Waals surface area (Å²) in [7, 11) is 1.68. The molecule has 3 nitrogen and oxygen atoms in total. The maximum Gasteiger partial charge on any atom is 0.169 e. The predicted octanol–water partition coefficient (Wildman–Crippen LogP) is 1.13. The van der Waals surface area contributed by atoms with Crippen LogP contribution in [0, 0.1) is 0 Å². The molecular formula is C8H16O3S. The van der Waals surface area contributed by atoms with E-state index in [0.29, 0.717) is 18.5 Å². The molecule has 2 unspecified atom stereocenters.